The van der Waals surface area contributed by atoms with Crippen molar-refractivity contribution in [3.8, 4) is 11.1 Å². The van der Waals surface area contributed by atoms with Crippen LogP contribution >= 0.6 is 0 Å². The Hall–Kier alpha value is -4.65. The van der Waals surface area contributed by atoms with E-state index in [0.717, 1.165) is 28.8 Å². The van der Waals surface area contributed by atoms with Crippen molar-refractivity contribution in [3.05, 3.63) is 131 Å². The molecule has 4 nitrogen and oxygen atoms in total. The van der Waals surface area contributed by atoms with Crippen LogP contribution in [0.4, 0.5) is 18.9 Å². The van der Waals surface area contributed by atoms with Gasteiger partial charge in [0.2, 0.25) is 5.91 Å². The first-order valence-corrected chi connectivity index (χ1v) is 13.0. The summed E-state index contributed by atoms with van der Waals surface area (Å²) in [6, 6.07) is 27.1. The number of nitrogens with one attached hydrogen (secondary N) is 1. The summed E-state index contributed by atoms with van der Waals surface area (Å²) in [4.78, 5) is 27.8. The van der Waals surface area contributed by atoms with Gasteiger partial charge in [-0.15, -0.1) is 0 Å². The summed E-state index contributed by atoms with van der Waals surface area (Å²) in [6.07, 6.45) is 0.409. The zero-order chi connectivity index (χ0) is 28.1. The summed E-state index contributed by atoms with van der Waals surface area (Å²) in [5, 5.41) is 2.92. The van der Waals surface area contributed by atoms with Gasteiger partial charge in [-0.3, -0.25) is 9.59 Å². The molecule has 40 heavy (non-hydrogen) atoms. The first kappa shape index (κ1) is 26.9. The number of carbonyl (C=O) groups is 2. The molecule has 1 aliphatic rings. The highest BCUT2D eigenvalue weighted by atomic mass is 19.4. The van der Waals surface area contributed by atoms with Gasteiger partial charge in [0, 0.05) is 30.8 Å². The van der Waals surface area contributed by atoms with Crippen LogP contribution in [0.25, 0.3) is 17.2 Å². The summed E-state index contributed by atoms with van der Waals surface area (Å²) in [6.45, 7) is 1.11. The molecule has 202 valence electrons. The van der Waals surface area contributed by atoms with Gasteiger partial charge in [0.15, 0.2) is 0 Å². The zero-order valence-electron chi connectivity index (χ0n) is 21.6. The van der Waals surface area contributed by atoms with Crippen molar-refractivity contribution in [2.24, 2.45) is 0 Å². The van der Waals surface area contributed by atoms with E-state index in [-0.39, 0.29) is 11.8 Å². The van der Waals surface area contributed by atoms with Crippen LogP contribution in [0.1, 0.15) is 39.0 Å². The quantitative estimate of drug-likeness (QED) is 0.274. The van der Waals surface area contributed by atoms with E-state index in [1.54, 1.807) is 30.3 Å². The maximum atomic E-state index is 13.2. The summed E-state index contributed by atoms with van der Waals surface area (Å²) in [5.74, 6) is -0.289. The molecule has 0 spiro atoms. The number of nitrogens with zero attached hydrogens (tertiary/aromatic N) is 1. The van der Waals surface area contributed by atoms with E-state index >= 15 is 0 Å². The van der Waals surface area contributed by atoms with E-state index in [1.807, 2.05) is 59.5 Å². The molecular weight excluding hydrogens is 513 g/mol. The van der Waals surface area contributed by atoms with Gasteiger partial charge in [-0.05, 0) is 64.6 Å². The summed E-state index contributed by atoms with van der Waals surface area (Å²) in [5.41, 5.74) is 4.46. The zero-order valence-corrected chi connectivity index (χ0v) is 21.6. The second-order valence-corrected chi connectivity index (χ2v) is 9.64. The summed E-state index contributed by atoms with van der Waals surface area (Å²) < 4.78 is 38.9. The number of rotatable bonds is 6. The number of alkyl halides is 3. The fourth-order valence-corrected chi connectivity index (χ4v) is 4.80. The first-order valence-electron chi connectivity index (χ1n) is 13.0. The van der Waals surface area contributed by atoms with Crippen molar-refractivity contribution >= 4 is 23.6 Å². The van der Waals surface area contributed by atoms with E-state index in [9.17, 15) is 22.8 Å². The number of fused-ring (bicyclic) bond motifs is 1. The minimum Gasteiger partial charge on any atom is -0.338 e. The van der Waals surface area contributed by atoms with Gasteiger partial charge < -0.3 is 10.2 Å². The van der Waals surface area contributed by atoms with Crippen molar-refractivity contribution in [2.45, 2.75) is 25.6 Å². The average Bonchev–Trinajstić information content (AvgIpc) is 2.97. The number of halogens is 3. The van der Waals surface area contributed by atoms with Crippen LogP contribution in [0.3, 0.4) is 0 Å². The molecule has 0 fully saturated rings. The fourth-order valence-electron chi connectivity index (χ4n) is 4.80. The summed E-state index contributed by atoms with van der Waals surface area (Å²) >= 11 is 0. The van der Waals surface area contributed by atoms with Crippen LogP contribution in [0, 0.1) is 0 Å². The third-order valence-corrected chi connectivity index (χ3v) is 6.93. The minimum atomic E-state index is -4.42. The van der Waals surface area contributed by atoms with Crippen LogP contribution in [-0.2, 0) is 23.9 Å². The highest BCUT2D eigenvalue weighted by molar-refractivity contribution is 6.08. The lowest BCUT2D eigenvalue weighted by Gasteiger charge is -2.29. The number of anilines is 1. The van der Waals surface area contributed by atoms with Gasteiger partial charge in [0.25, 0.3) is 5.91 Å². The van der Waals surface area contributed by atoms with Crippen molar-refractivity contribution < 1.29 is 22.8 Å². The first-order chi connectivity index (χ1) is 19.3. The monoisotopic (exact) mass is 540 g/mol. The second-order valence-electron chi connectivity index (χ2n) is 9.64. The lowest BCUT2D eigenvalue weighted by molar-refractivity contribution is -0.137. The molecular formula is C33H27F3N2O2. The Labute approximate surface area is 230 Å². The van der Waals surface area contributed by atoms with E-state index in [0.29, 0.717) is 48.3 Å². The van der Waals surface area contributed by atoms with Gasteiger partial charge in [-0.1, -0.05) is 78.9 Å². The van der Waals surface area contributed by atoms with Crippen LogP contribution in [0.5, 0.6) is 0 Å². The molecule has 0 atom stereocenters. The summed E-state index contributed by atoms with van der Waals surface area (Å²) in [7, 11) is 0. The molecule has 0 saturated heterocycles. The molecule has 0 unspecified atom stereocenters. The molecule has 4 aromatic carbocycles. The largest absolute Gasteiger partial charge is 0.416 e. The van der Waals surface area contributed by atoms with E-state index in [2.05, 4.69) is 5.32 Å². The fraction of sp³-hybridized carbons (Fsp3) is 0.152. The molecule has 2 amide bonds. The predicted octanol–water partition coefficient (Wildman–Crippen LogP) is 7.61. The molecule has 1 aliphatic heterocycles. The van der Waals surface area contributed by atoms with Crippen LogP contribution in [0.15, 0.2) is 103 Å². The number of amides is 2. The van der Waals surface area contributed by atoms with E-state index in [4.69, 9.17) is 0 Å². The van der Waals surface area contributed by atoms with Crippen molar-refractivity contribution in [2.75, 3.05) is 11.9 Å². The third kappa shape index (κ3) is 6.31. The van der Waals surface area contributed by atoms with Crippen LogP contribution in [-0.4, -0.2) is 23.3 Å². The highest BCUT2D eigenvalue weighted by Gasteiger charge is 2.30. The predicted molar refractivity (Wildman–Crippen MR) is 150 cm³/mol. The maximum absolute atomic E-state index is 13.2. The molecule has 0 saturated carbocycles. The molecule has 0 bridgehead atoms. The molecule has 4 aromatic rings. The topological polar surface area (TPSA) is 49.4 Å². The Kier molecular flexibility index (Phi) is 7.82. The Morgan fingerprint density at radius 1 is 0.850 bits per heavy atom. The number of carbonyl (C=O) groups excluding carboxylic acids is 2. The van der Waals surface area contributed by atoms with Gasteiger partial charge in [0.05, 0.1) is 5.56 Å². The van der Waals surface area contributed by atoms with Gasteiger partial charge in [-0.25, -0.2) is 0 Å². The Morgan fingerprint density at radius 3 is 2.33 bits per heavy atom. The minimum absolute atomic E-state index is 0.0649. The smallest absolute Gasteiger partial charge is 0.338 e. The third-order valence-electron chi connectivity index (χ3n) is 6.93. The van der Waals surface area contributed by atoms with Gasteiger partial charge in [-0.2, -0.15) is 13.2 Å². The Bertz CT molecular complexity index is 1540. The van der Waals surface area contributed by atoms with Crippen molar-refractivity contribution in [1.82, 2.24) is 4.90 Å². The standard InChI is InChI=1S/C33H27F3N2O2/c34-33(35,36)27-16-13-24(14-17-27)29-10-4-5-11-30(29)32(40)37-28-18-15-26-22-38(20-19-25(26)21-28)31(39)12-6-9-23-7-2-1-3-8-23/h1-11,13-18,21H,12,19-20,22H2,(H,37,40). The SMILES string of the molecule is O=C(Nc1ccc2c(c1)CCN(C(=O)CC=Cc1ccccc1)C2)c1ccccc1-c1ccc(C(F)(F)F)cc1. The molecule has 0 aliphatic carbocycles. The second kappa shape index (κ2) is 11.6. The van der Waals surface area contributed by atoms with Gasteiger partial charge in [0.1, 0.15) is 0 Å². The molecule has 5 rings (SSSR count). The molecule has 1 heterocycles. The number of hydrogen-bond donors (Lipinski definition) is 1. The number of hydrogen-bond acceptors (Lipinski definition) is 2. The highest BCUT2D eigenvalue weighted by Crippen LogP contribution is 2.32. The average molecular weight is 541 g/mol. The molecule has 7 heteroatoms. The van der Waals surface area contributed by atoms with Crippen molar-refractivity contribution in [1.29, 1.82) is 0 Å². The lowest BCUT2D eigenvalue weighted by atomic mass is 9.97. The molecule has 1 N–H and O–H groups in total. The van der Waals surface area contributed by atoms with Crippen molar-refractivity contribution in [3.63, 3.8) is 0 Å². The molecule has 0 aromatic heterocycles. The van der Waals surface area contributed by atoms with Gasteiger partial charge >= 0.3 is 6.18 Å². The Balaban J connectivity index is 1.24. The van der Waals surface area contributed by atoms with Crippen LogP contribution < -0.4 is 5.32 Å². The lowest BCUT2D eigenvalue weighted by Crippen LogP contribution is -2.35. The normalized spacial score (nSPS) is 13.2. The number of benzene rings is 4. The van der Waals surface area contributed by atoms with E-state index in [1.165, 1.54) is 12.1 Å². The van der Waals surface area contributed by atoms with E-state index < -0.39 is 11.7 Å². The maximum Gasteiger partial charge on any atom is 0.416 e. The van der Waals surface area contributed by atoms with Crippen LogP contribution in [0.2, 0.25) is 0 Å². The Morgan fingerprint density at radius 2 is 1.57 bits per heavy atom. The molecule has 0 radical (unpaired) electrons.